The maximum atomic E-state index is 11.0. The topological polar surface area (TPSA) is 75.8 Å². The van der Waals surface area contributed by atoms with Crippen LogP contribution in [0.4, 0.5) is 4.79 Å². The van der Waals surface area contributed by atoms with E-state index in [1.54, 1.807) is 7.05 Å². The molecule has 25 heavy (non-hydrogen) atoms. The molecule has 0 radical (unpaired) electrons. The summed E-state index contributed by atoms with van der Waals surface area (Å²) in [4.78, 5) is 12.3. The molecular weight excluding hydrogens is 332 g/mol. The molecule has 5 nitrogen and oxygen atoms in total. The van der Waals surface area contributed by atoms with Crippen molar-refractivity contribution in [1.29, 1.82) is 0 Å². The molecule has 3 N–H and O–H groups in total. The lowest BCUT2D eigenvalue weighted by Gasteiger charge is -2.37. The van der Waals surface area contributed by atoms with Gasteiger partial charge in [0.2, 0.25) is 0 Å². The summed E-state index contributed by atoms with van der Waals surface area (Å²) in [7, 11) is -0.203. The average Bonchev–Trinajstić information content (AvgIpc) is 2.80. The molecule has 0 unspecified atom stereocenters. The van der Waals surface area contributed by atoms with Gasteiger partial charge < -0.3 is 20.2 Å². The van der Waals surface area contributed by atoms with Crippen molar-refractivity contribution in [3.8, 4) is 0 Å². The van der Waals surface area contributed by atoms with Crippen LogP contribution in [0.5, 0.6) is 0 Å². The molecule has 0 fully saturated rings. The Labute approximate surface area is 152 Å². The van der Waals surface area contributed by atoms with Gasteiger partial charge in [0.1, 0.15) is 0 Å². The highest BCUT2D eigenvalue weighted by atomic mass is 28.4. The number of fused-ring (bicyclic) bond motifs is 1. The van der Waals surface area contributed by atoms with E-state index >= 15 is 0 Å². The van der Waals surface area contributed by atoms with Crippen molar-refractivity contribution in [2.75, 3.05) is 13.7 Å². The molecule has 2 rings (SSSR count). The average molecular weight is 365 g/mol. The second-order valence-corrected chi connectivity index (χ2v) is 13.5. The van der Waals surface area contributed by atoms with Crippen molar-refractivity contribution < 1.29 is 14.3 Å². The van der Waals surface area contributed by atoms with E-state index in [1.807, 2.05) is 6.07 Å². The maximum Gasteiger partial charge on any atom is 0.407 e. The monoisotopic (exact) mass is 364 g/mol. The Balaban J connectivity index is 2.06. The van der Waals surface area contributed by atoms with Crippen LogP contribution >= 0.6 is 0 Å². The number of carbonyl (C=O) groups is 1. The first kappa shape index (κ1) is 19.9. The second kappa shape index (κ2) is 7.09. The number of carboxylic acid groups (broad SMARTS) is 1. The third-order valence-corrected chi connectivity index (χ3v) is 10.3. The van der Waals surface area contributed by atoms with Crippen LogP contribution in [-0.4, -0.2) is 38.1 Å². The molecule has 0 saturated heterocycles. The molecule has 1 aromatic rings. The Bertz CT molecular complexity index is 640. The van der Waals surface area contributed by atoms with Crippen LogP contribution in [-0.2, 0) is 17.4 Å². The molecule has 1 amide bonds. The van der Waals surface area contributed by atoms with Gasteiger partial charge in [0.25, 0.3) is 0 Å². The fourth-order valence-electron chi connectivity index (χ4n) is 2.94. The highest BCUT2D eigenvalue weighted by Crippen LogP contribution is 2.40. The summed E-state index contributed by atoms with van der Waals surface area (Å²) < 4.78 is 6.38. The van der Waals surface area contributed by atoms with Crippen molar-refractivity contribution >= 4 is 14.4 Å². The minimum Gasteiger partial charge on any atom is -0.465 e. The summed E-state index contributed by atoms with van der Waals surface area (Å²) in [5, 5.41) is 9.22. The molecule has 0 spiro atoms. The molecule has 0 heterocycles. The summed E-state index contributed by atoms with van der Waals surface area (Å²) in [5.41, 5.74) is 9.87. The fraction of sp³-hybridized carbons (Fsp3) is 0.632. The van der Waals surface area contributed by atoms with Gasteiger partial charge in [0.15, 0.2) is 8.32 Å². The number of nitrogens with two attached hydrogens (primary N) is 1. The molecule has 2 atom stereocenters. The largest absolute Gasteiger partial charge is 0.465 e. The van der Waals surface area contributed by atoms with E-state index in [-0.39, 0.29) is 17.0 Å². The lowest BCUT2D eigenvalue weighted by atomic mass is 10.0. The molecular formula is C19H32N2O3Si. The van der Waals surface area contributed by atoms with E-state index in [4.69, 9.17) is 15.3 Å². The van der Waals surface area contributed by atoms with Gasteiger partial charge in [-0.1, -0.05) is 39.0 Å². The Morgan fingerprint density at radius 2 is 2.04 bits per heavy atom. The third-order valence-electron chi connectivity index (χ3n) is 5.77. The van der Waals surface area contributed by atoms with E-state index in [1.165, 1.54) is 10.5 Å². The predicted octanol–water partition coefficient (Wildman–Crippen LogP) is 3.99. The highest BCUT2D eigenvalue weighted by Gasteiger charge is 2.39. The number of rotatable bonds is 5. The lowest BCUT2D eigenvalue weighted by molar-refractivity contribution is 0.153. The molecule has 1 aliphatic carbocycles. The summed E-state index contributed by atoms with van der Waals surface area (Å²) in [5.74, 6) is 0.288. The maximum absolute atomic E-state index is 11.0. The molecule has 0 aromatic heterocycles. The fourth-order valence-corrected chi connectivity index (χ4v) is 4.00. The molecule has 1 aliphatic rings. The molecule has 6 heteroatoms. The second-order valence-electron chi connectivity index (χ2n) is 8.73. The first-order chi connectivity index (χ1) is 11.4. The summed E-state index contributed by atoms with van der Waals surface area (Å²) in [6.07, 6.45) is 0.00521. The summed E-state index contributed by atoms with van der Waals surface area (Å²) in [6, 6.07) is 6.11. The lowest BCUT2D eigenvalue weighted by Crippen LogP contribution is -2.42. The van der Waals surface area contributed by atoms with E-state index < -0.39 is 14.4 Å². The normalized spacial score (nSPS) is 20.4. The molecule has 0 bridgehead atoms. The summed E-state index contributed by atoms with van der Waals surface area (Å²) in [6.45, 7) is 12.3. The van der Waals surface area contributed by atoms with Crippen LogP contribution in [0.1, 0.15) is 43.5 Å². The Hall–Kier alpha value is -1.37. The summed E-state index contributed by atoms with van der Waals surface area (Å²) >= 11 is 0. The van der Waals surface area contributed by atoms with Crippen LogP contribution in [0.3, 0.4) is 0 Å². The van der Waals surface area contributed by atoms with Crippen LogP contribution in [0.25, 0.3) is 0 Å². The SMILES string of the molecule is CN(Cc1ccc2c(c1)[C@H](N)[C@@H](CO[Si](C)(C)C(C)(C)C)C2)C(=O)O. The van der Waals surface area contributed by atoms with Crippen LogP contribution < -0.4 is 5.73 Å². The van der Waals surface area contributed by atoms with Crippen LogP contribution in [0, 0.1) is 5.92 Å². The van der Waals surface area contributed by atoms with Crippen molar-refractivity contribution in [3.63, 3.8) is 0 Å². The van der Waals surface area contributed by atoms with E-state index in [0.717, 1.165) is 17.5 Å². The van der Waals surface area contributed by atoms with Gasteiger partial charge in [0, 0.05) is 32.2 Å². The number of hydrogen-bond donors (Lipinski definition) is 2. The van der Waals surface area contributed by atoms with Gasteiger partial charge >= 0.3 is 6.09 Å². The quantitative estimate of drug-likeness (QED) is 0.775. The van der Waals surface area contributed by atoms with Crippen molar-refractivity contribution in [2.45, 2.75) is 57.9 Å². The molecule has 140 valence electrons. The van der Waals surface area contributed by atoms with Crippen molar-refractivity contribution in [1.82, 2.24) is 4.90 Å². The van der Waals surface area contributed by atoms with E-state index in [2.05, 4.69) is 46.0 Å². The van der Waals surface area contributed by atoms with Crippen molar-refractivity contribution in [3.05, 3.63) is 34.9 Å². The standard InChI is InChI=1S/C19H32N2O3Si/c1-19(2,3)25(5,6)24-12-15-10-14-8-7-13(9-16(14)17(15)20)11-21(4)18(22)23/h7-9,15,17H,10-12,20H2,1-6H3,(H,22,23)/t15-,17-/m1/s1. The molecule has 0 aliphatic heterocycles. The van der Waals surface area contributed by atoms with Gasteiger partial charge in [0.05, 0.1) is 0 Å². The first-order valence-electron chi connectivity index (χ1n) is 8.87. The van der Waals surface area contributed by atoms with Gasteiger partial charge in [-0.25, -0.2) is 4.79 Å². The predicted molar refractivity (Wildman–Crippen MR) is 103 cm³/mol. The molecule has 1 aromatic carbocycles. The Morgan fingerprint density at radius 3 is 2.60 bits per heavy atom. The minimum atomic E-state index is -1.78. The molecule has 0 saturated carbocycles. The van der Waals surface area contributed by atoms with E-state index in [0.29, 0.717) is 13.2 Å². The van der Waals surface area contributed by atoms with Crippen molar-refractivity contribution in [2.24, 2.45) is 11.7 Å². The van der Waals surface area contributed by atoms with Gasteiger partial charge in [-0.3, -0.25) is 0 Å². The highest BCUT2D eigenvalue weighted by molar-refractivity contribution is 6.74. The smallest absolute Gasteiger partial charge is 0.407 e. The number of benzene rings is 1. The minimum absolute atomic E-state index is 0.0464. The number of hydrogen-bond acceptors (Lipinski definition) is 3. The van der Waals surface area contributed by atoms with Crippen LogP contribution in [0.15, 0.2) is 18.2 Å². The Kier molecular flexibility index (Phi) is 5.66. The number of amides is 1. The Morgan fingerprint density at radius 1 is 1.40 bits per heavy atom. The van der Waals surface area contributed by atoms with Gasteiger partial charge in [-0.15, -0.1) is 0 Å². The van der Waals surface area contributed by atoms with E-state index in [9.17, 15) is 4.79 Å². The number of nitrogens with zero attached hydrogens (tertiary/aromatic N) is 1. The van der Waals surface area contributed by atoms with Gasteiger partial charge in [-0.05, 0) is 41.2 Å². The zero-order valence-corrected chi connectivity index (χ0v) is 17.3. The first-order valence-corrected chi connectivity index (χ1v) is 11.8. The zero-order chi connectivity index (χ0) is 19.0. The third kappa shape index (κ3) is 4.43. The van der Waals surface area contributed by atoms with Crippen LogP contribution in [0.2, 0.25) is 18.1 Å². The van der Waals surface area contributed by atoms with Gasteiger partial charge in [-0.2, -0.15) is 0 Å². The zero-order valence-electron chi connectivity index (χ0n) is 16.3.